The van der Waals surface area contributed by atoms with E-state index >= 15 is 0 Å². The average Bonchev–Trinajstić information content (AvgIpc) is 1.89. The number of hydrogen-bond donors (Lipinski definition) is 1. The SMILES string of the molecule is CNc1ccccc1F. The van der Waals surface area contributed by atoms with Crippen LogP contribution in [-0.4, -0.2) is 7.05 Å². The van der Waals surface area contributed by atoms with E-state index in [-0.39, 0.29) is 5.82 Å². The molecule has 0 saturated carbocycles. The summed E-state index contributed by atoms with van der Waals surface area (Å²) in [7, 11) is 1.69. The molecule has 2 heteroatoms. The van der Waals surface area contributed by atoms with Gasteiger partial charge in [0.05, 0.1) is 5.69 Å². The van der Waals surface area contributed by atoms with Crippen LogP contribution < -0.4 is 5.32 Å². The van der Waals surface area contributed by atoms with Gasteiger partial charge in [0.2, 0.25) is 0 Å². The average molecular weight is 125 g/mol. The van der Waals surface area contributed by atoms with Crippen molar-refractivity contribution in [2.75, 3.05) is 12.4 Å². The van der Waals surface area contributed by atoms with Crippen molar-refractivity contribution in [3.8, 4) is 0 Å². The van der Waals surface area contributed by atoms with Gasteiger partial charge in [-0.25, -0.2) is 4.39 Å². The molecule has 48 valence electrons. The summed E-state index contributed by atoms with van der Waals surface area (Å²) >= 11 is 0. The molecular formula is C7H8FN. The molecule has 0 aliphatic rings. The van der Waals surface area contributed by atoms with Gasteiger partial charge in [0.15, 0.2) is 0 Å². The van der Waals surface area contributed by atoms with Gasteiger partial charge in [-0.15, -0.1) is 0 Å². The van der Waals surface area contributed by atoms with Crippen LogP contribution in [0.2, 0.25) is 0 Å². The molecule has 0 radical (unpaired) electrons. The van der Waals surface area contributed by atoms with Crippen LogP contribution >= 0.6 is 0 Å². The molecule has 0 unspecified atom stereocenters. The van der Waals surface area contributed by atoms with Crippen molar-refractivity contribution < 1.29 is 4.39 Å². The van der Waals surface area contributed by atoms with Gasteiger partial charge < -0.3 is 5.32 Å². The summed E-state index contributed by atoms with van der Waals surface area (Å²) in [6.45, 7) is 0. The lowest BCUT2D eigenvalue weighted by atomic mass is 10.3. The fourth-order valence-electron chi connectivity index (χ4n) is 0.664. The largest absolute Gasteiger partial charge is 0.386 e. The molecule has 0 saturated heterocycles. The number of rotatable bonds is 1. The van der Waals surface area contributed by atoms with Crippen molar-refractivity contribution in [2.24, 2.45) is 0 Å². The normalized spacial score (nSPS) is 9.11. The standard InChI is InChI=1S/C7H8FN/c1-9-7-5-3-2-4-6(7)8/h2-5,9H,1H3. The third-order valence-electron chi connectivity index (χ3n) is 1.14. The minimum Gasteiger partial charge on any atom is -0.386 e. The Kier molecular flexibility index (Phi) is 1.68. The Morgan fingerprint density at radius 2 is 2.00 bits per heavy atom. The summed E-state index contributed by atoms with van der Waals surface area (Å²) in [6.07, 6.45) is 0. The molecule has 1 nitrogen and oxygen atoms in total. The first-order chi connectivity index (χ1) is 4.34. The zero-order valence-corrected chi connectivity index (χ0v) is 5.19. The number of halogens is 1. The molecule has 0 spiro atoms. The maximum Gasteiger partial charge on any atom is 0.146 e. The lowest BCUT2D eigenvalue weighted by molar-refractivity contribution is 0.631. The summed E-state index contributed by atoms with van der Waals surface area (Å²) in [6, 6.07) is 6.56. The topological polar surface area (TPSA) is 12.0 Å². The van der Waals surface area contributed by atoms with Crippen LogP contribution in [0.15, 0.2) is 24.3 Å². The highest BCUT2D eigenvalue weighted by Crippen LogP contribution is 2.10. The molecule has 1 N–H and O–H groups in total. The number of hydrogen-bond acceptors (Lipinski definition) is 1. The second kappa shape index (κ2) is 2.49. The van der Waals surface area contributed by atoms with Crippen LogP contribution in [0.4, 0.5) is 10.1 Å². The van der Waals surface area contributed by atoms with Crippen molar-refractivity contribution in [3.05, 3.63) is 30.1 Å². The molecule has 1 aromatic rings. The maximum absolute atomic E-state index is 12.5. The fourth-order valence-corrected chi connectivity index (χ4v) is 0.664. The molecule has 0 aliphatic carbocycles. The van der Waals surface area contributed by atoms with E-state index < -0.39 is 0 Å². The van der Waals surface area contributed by atoms with Gasteiger partial charge in [-0.1, -0.05) is 12.1 Å². The first-order valence-corrected chi connectivity index (χ1v) is 2.77. The lowest BCUT2D eigenvalue weighted by Gasteiger charge is -1.97. The highest BCUT2D eigenvalue weighted by atomic mass is 19.1. The highest BCUT2D eigenvalue weighted by molar-refractivity contribution is 5.43. The quantitative estimate of drug-likeness (QED) is 0.604. The summed E-state index contributed by atoms with van der Waals surface area (Å²) < 4.78 is 12.5. The molecular weight excluding hydrogens is 117 g/mol. The summed E-state index contributed by atoms with van der Waals surface area (Å²) in [4.78, 5) is 0. The van der Waals surface area contributed by atoms with Crippen molar-refractivity contribution in [2.45, 2.75) is 0 Å². The van der Waals surface area contributed by atoms with E-state index in [2.05, 4.69) is 5.32 Å². The van der Waals surface area contributed by atoms with E-state index in [0.717, 1.165) is 0 Å². The van der Waals surface area contributed by atoms with E-state index in [4.69, 9.17) is 0 Å². The van der Waals surface area contributed by atoms with Crippen LogP contribution in [0.25, 0.3) is 0 Å². The minimum absolute atomic E-state index is 0.208. The Labute approximate surface area is 53.5 Å². The summed E-state index contributed by atoms with van der Waals surface area (Å²) in [5, 5.41) is 2.72. The van der Waals surface area contributed by atoms with Gasteiger partial charge in [-0.05, 0) is 12.1 Å². The third kappa shape index (κ3) is 1.19. The van der Waals surface area contributed by atoms with Crippen molar-refractivity contribution >= 4 is 5.69 Å². The maximum atomic E-state index is 12.5. The zero-order chi connectivity index (χ0) is 6.69. The lowest BCUT2D eigenvalue weighted by Crippen LogP contribution is -1.90. The Hall–Kier alpha value is -1.05. The molecule has 0 aliphatic heterocycles. The van der Waals surface area contributed by atoms with E-state index in [9.17, 15) is 4.39 Å². The predicted octanol–water partition coefficient (Wildman–Crippen LogP) is 1.87. The Morgan fingerprint density at radius 3 is 2.44 bits per heavy atom. The van der Waals surface area contributed by atoms with Crippen LogP contribution in [0.1, 0.15) is 0 Å². The summed E-state index contributed by atoms with van der Waals surface area (Å²) in [5.74, 6) is -0.208. The smallest absolute Gasteiger partial charge is 0.146 e. The van der Waals surface area contributed by atoms with Gasteiger partial charge in [-0.2, -0.15) is 0 Å². The van der Waals surface area contributed by atoms with Crippen molar-refractivity contribution in [1.29, 1.82) is 0 Å². The Morgan fingerprint density at radius 1 is 1.33 bits per heavy atom. The highest BCUT2D eigenvalue weighted by Gasteiger charge is 1.93. The molecule has 1 aromatic carbocycles. The molecule has 0 bridgehead atoms. The predicted molar refractivity (Wildman–Crippen MR) is 35.9 cm³/mol. The second-order valence-electron chi connectivity index (χ2n) is 1.73. The number of nitrogens with one attached hydrogen (secondary N) is 1. The molecule has 0 amide bonds. The van der Waals surface area contributed by atoms with E-state index in [1.54, 1.807) is 25.2 Å². The molecule has 9 heavy (non-hydrogen) atoms. The van der Waals surface area contributed by atoms with Crippen LogP contribution in [0.5, 0.6) is 0 Å². The van der Waals surface area contributed by atoms with Gasteiger partial charge in [0.25, 0.3) is 0 Å². The third-order valence-corrected chi connectivity index (χ3v) is 1.14. The van der Waals surface area contributed by atoms with E-state index in [1.165, 1.54) is 6.07 Å². The molecule has 0 atom stereocenters. The molecule has 0 fully saturated rings. The fraction of sp³-hybridized carbons (Fsp3) is 0.143. The van der Waals surface area contributed by atoms with Gasteiger partial charge >= 0.3 is 0 Å². The van der Waals surface area contributed by atoms with Gasteiger partial charge in [0.1, 0.15) is 5.82 Å². The number of benzene rings is 1. The van der Waals surface area contributed by atoms with Crippen LogP contribution in [0.3, 0.4) is 0 Å². The van der Waals surface area contributed by atoms with Crippen LogP contribution in [-0.2, 0) is 0 Å². The van der Waals surface area contributed by atoms with Crippen molar-refractivity contribution in [3.63, 3.8) is 0 Å². The number of anilines is 1. The van der Waals surface area contributed by atoms with Crippen LogP contribution in [0, 0.1) is 5.82 Å². The minimum atomic E-state index is -0.208. The Balaban J connectivity index is 3.01. The van der Waals surface area contributed by atoms with E-state index in [0.29, 0.717) is 5.69 Å². The number of para-hydroxylation sites is 1. The Bertz CT molecular complexity index is 198. The monoisotopic (exact) mass is 125 g/mol. The second-order valence-corrected chi connectivity index (χ2v) is 1.73. The van der Waals surface area contributed by atoms with Gasteiger partial charge in [-0.3, -0.25) is 0 Å². The zero-order valence-electron chi connectivity index (χ0n) is 5.19. The first-order valence-electron chi connectivity index (χ1n) is 2.77. The molecule has 0 heterocycles. The van der Waals surface area contributed by atoms with E-state index in [1.807, 2.05) is 0 Å². The summed E-state index contributed by atoms with van der Waals surface area (Å²) in [5.41, 5.74) is 0.539. The van der Waals surface area contributed by atoms with Crippen molar-refractivity contribution in [1.82, 2.24) is 0 Å². The molecule has 0 aromatic heterocycles. The first kappa shape index (κ1) is 6.08. The molecule has 1 rings (SSSR count). The van der Waals surface area contributed by atoms with Gasteiger partial charge in [0, 0.05) is 7.05 Å².